The molecule has 136 valence electrons. The normalized spacial score (nSPS) is 22.1. The largest absolute Gasteiger partial charge is 0.311 e. The van der Waals surface area contributed by atoms with Crippen molar-refractivity contribution in [3.8, 4) is 0 Å². The van der Waals surface area contributed by atoms with Crippen molar-refractivity contribution in [2.45, 2.75) is 45.6 Å². The van der Waals surface area contributed by atoms with Crippen molar-refractivity contribution in [1.29, 1.82) is 0 Å². The fraction of sp³-hybridized carbons (Fsp3) is 0.429. The zero-order chi connectivity index (χ0) is 18.4. The number of ketones is 1. The highest BCUT2D eigenvalue weighted by molar-refractivity contribution is 7.10. The van der Waals surface area contributed by atoms with Gasteiger partial charge in [-0.15, -0.1) is 11.3 Å². The van der Waals surface area contributed by atoms with Gasteiger partial charge in [0.1, 0.15) is 6.04 Å². The van der Waals surface area contributed by atoms with Gasteiger partial charge >= 0.3 is 5.91 Å². The number of thiophene rings is 1. The Morgan fingerprint density at radius 1 is 1.27 bits per heavy atom. The number of Topliss-reactive ketones (excluding diaryl/α,β-unsaturated/α-hetero) is 1. The third kappa shape index (κ3) is 2.70. The summed E-state index contributed by atoms with van der Waals surface area (Å²) in [7, 11) is 0. The van der Waals surface area contributed by atoms with Crippen molar-refractivity contribution in [2.24, 2.45) is 0 Å². The molecule has 4 nitrogen and oxygen atoms in total. The van der Waals surface area contributed by atoms with Crippen LogP contribution >= 0.6 is 11.3 Å². The van der Waals surface area contributed by atoms with Crippen molar-refractivity contribution in [1.82, 2.24) is 0 Å². The molecule has 26 heavy (non-hydrogen) atoms. The van der Waals surface area contributed by atoms with E-state index >= 15 is 0 Å². The van der Waals surface area contributed by atoms with Crippen molar-refractivity contribution in [3.05, 3.63) is 51.2 Å². The molecule has 5 heteroatoms. The Morgan fingerprint density at radius 2 is 2.08 bits per heavy atom. The number of hydrogen-bond donors (Lipinski definition) is 1. The van der Waals surface area contributed by atoms with Crippen molar-refractivity contribution in [3.63, 3.8) is 0 Å². The fourth-order valence-electron chi connectivity index (χ4n) is 4.27. The summed E-state index contributed by atoms with van der Waals surface area (Å²) >= 11 is 1.84. The summed E-state index contributed by atoms with van der Waals surface area (Å²) in [6.45, 7) is 7.97. The number of amides is 1. The standard InChI is InChI=1S/C21H24N2O2S/c1-4-17-15-8-10-26-19(15)7-9-22(17)12-23-18-6-5-14(13(2)3)11-16(18)20(24)21(23)25/h5-6,8,10-11,13,17H,4,7,9,12H2,1-3H3/p+1/t17-/m0/s1. The average molecular weight is 370 g/mol. The quantitative estimate of drug-likeness (QED) is 0.842. The number of benzene rings is 1. The molecule has 0 fully saturated rings. The fourth-order valence-corrected chi connectivity index (χ4v) is 5.21. The molecule has 2 atom stereocenters. The molecule has 2 aliphatic heterocycles. The summed E-state index contributed by atoms with van der Waals surface area (Å²) in [5.74, 6) is -0.394. The second-order valence-electron chi connectivity index (χ2n) is 7.57. The highest BCUT2D eigenvalue weighted by Gasteiger charge is 2.40. The van der Waals surface area contributed by atoms with Gasteiger partial charge in [-0.3, -0.25) is 14.5 Å². The highest BCUT2D eigenvalue weighted by Crippen LogP contribution is 2.32. The van der Waals surface area contributed by atoms with Gasteiger partial charge in [0.05, 0.1) is 17.8 Å². The Labute approximate surface area is 158 Å². The molecule has 1 aromatic carbocycles. The topological polar surface area (TPSA) is 41.8 Å². The number of carbonyl (C=O) groups is 2. The lowest BCUT2D eigenvalue weighted by atomic mass is 9.98. The Bertz CT molecular complexity index is 871. The molecule has 3 heterocycles. The van der Waals surface area contributed by atoms with Gasteiger partial charge in [-0.05, 0) is 35.1 Å². The Morgan fingerprint density at radius 3 is 2.81 bits per heavy atom. The molecule has 1 unspecified atom stereocenters. The number of rotatable bonds is 4. The summed E-state index contributed by atoms with van der Waals surface area (Å²) in [6, 6.07) is 8.52. The van der Waals surface area contributed by atoms with Crippen LogP contribution in [0.4, 0.5) is 5.69 Å². The summed E-state index contributed by atoms with van der Waals surface area (Å²) in [4.78, 5) is 29.8. The smallest absolute Gasteiger partial charge is 0.303 e. The van der Waals surface area contributed by atoms with Crippen LogP contribution in [0, 0.1) is 0 Å². The maximum Gasteiger partial charge on any atom is 0.303 e. The maximum absolute atomic E-state index is 12.7. The van der Waals surface area contributed by atoms with Gasteiger partial charge < -0.3 is 4.90 Å². The minimum atomic E-state index is -0.376. The first-order chi connectivity index (χ1) is 12.5. The van der Waals surface area contributed by atoms with E-state index in [-0.39, 0.29) is 11.7 Å². The number of fused-ring (bicyclic) bond motifs is 2. The molecule has 0 aliphatic carbocycles. The van der Waals surface area contributed by atoms with E-state index in [0.717, 1.165) is 30.6 Å². The molecular formula is C21H25N2O2S+. The van der Waals surface area contributed by atoms with Crippen LogP contribution in [-0.4, -0.2) is 24.9 Å². The lowest BCUT2D eigenvalue weighted by Crippen LogP contribution is -3.15. The van der Waals surface area contributed by atoms with E-state index in [0.29, 0.717) is 24.2 Å². The highest BCUT2D eigenvalue weighted by atomic mass is 32.1. The lowest BCUT2D eigenvalue weighted by Gasteiger charge is -2.34. The molecule has 1 aromatic heterocycles. The van der Waals surface area contributed by atoms with E-state index in [4.69, 9.17) is 0 Å². The minimum Gasteiger partial charge on any atom is -0.311 e. The SMILES string of the molecule is CC[C@H]1c2ccsc2CC[NH+]1CN1C(=O)C(=O)c2cc(C(C)C)ccc21. The molecule has 1 amide bonds. The number of quaternary nitrogens is 1. The Hall–Kier alpha value is -1.98. The van der Waals surface area contributed by atoms with Crippen LogP contribution in [-0.2, 0) is 11.2 Å². The van der Waals surface area contributed by atoms with E-state index < -0.39 is 0 Å². The van der Waals surface area contributed by atoms with Crippen LogP contribution in [0.25, 0.3) is 0 Å². The number of anilines is 1. The number of nitrogens with zero attached hydrogens (tertiary/aromatic N) is 1. The zero-order valence-electron chi connectivity index (χ0n) is 15.5. The predicted molar refractivity (Wildman–Crippen MR) is 104 cm³/mol. The monoisotopic (exact) mass is 369 g/mol. The summed E-state index contributed by atoms with van der Waals surface area (Å²) < 4.78 is 0. The van der Waals surface area contributed by atoms with Crippen LogP contribution in [0.15, 0.2) is 29.6 Å². The average Bonchev–Trinajstić information content (AvgIpc) is 3.20. The van der Waals surface area contributed by atoms with Gasteiger partial charge in [0.15, 0.2) is 6.67 Å². The van der Waals surface area contributed by atoms with Gasteiger partial charge in [0.2, 0.25) is 0 Å². The zero-order valence-corrected chi connectivity index (χ0v) is 16.4. The Balaban J connectivity index is 1.64. The Kier molecular flexibility index (Phi) is 4.45. The van der Waals surface area contributed by atoms with Crippen LogP contribution in [0.1, 0.15) is 65.5 Å². The van der Waals surface area contributed by atoms with Gasteiger partial charge in [-0.25, -0.2) is 0 Å². The molecular weight excluding hydrogens is 344 g/mol. The first-order valence-corrected chi connectivity index (χ1v) is 10.3. The first kappa shape index (κ1) is 17.4. The van der Waals surface area contributed by atoms with Gasteiger partial charge in [0, 0.05) is 23.3 Å². The number of nitrogens with one attached hydrogen (secondary N) is 1. The van der Waals surface area contributed by atoms with Crippen molar-refractivity contribution in [2.75, 3.05) is 18.1 Å². The molecule has 1 N–H and O–H groups in total. The van der Waals surface area contributed by atoms with E-state index in [9.17, 15) is 9.59 Å². The third-order valence-corrected chi connectivity index (χ3v) is 6.75. The summed E-state index contributed by atoms with van der Waals surface area (Å²) in [5.41, 5.74) is 3.88. The van der Waals surface area contributed by atoms with Gasteiger partial charge in [-0.1, -0.05) is 26.8 Å². The number of carbonyl (C=O) groups excluding carboxylic acids is 2. The first-order valence-electron chi connectivity index (χ1n) is 9.42. The maximum atomic E-state index is 12.7. The predicted octanol–water partition coefficient (Wildman–Crippen LogP) is 2.95. The second kappa shape index (κ2) is 6.63. The molecule has 0 saturated heterocycles. The van der Waals surface area contributed by atoms with E-state index in [1.165, 1.54) is 15.3 Å². The van der Waals surface area contributed by atoms with Crippen LogP contribution < -0.4 is 9.80 Å². The molecule has 2 aliphatic rings. The summed E-state index contributed by atoms with van der Waals surface area (Å²) in [6.07, 6.45) is 2.09. The lowest BCUT2D eigenvalue weighted by molar-refractivity contribution is -0.932. The van der Waals surface area contributed by atoms with Crippen LogP contribution in [0.5, 0.6) is 0 Å². The third-order valence-electron chi connectivity index (χ3n) is 5.75. The molecule has 0 radical (unpaired) electrons. The molecule has 0 saturated carbocycles. The van der Waals surface area contributed by atoms with Crippen LogP contribution in [0.2, 0.25) is 0 Å². The van der Waals surface area contributed by atoms with Crippen molar-refractivity contribution >= 4 is 28.7 Å². The number of hydrogen-bond acceptors (Lipinski definition) is 3. The minimum absolute atomic E-state index is 0.339. The van der Waals surface area contributed by atoms with Gasteiger partial charge in [0.25, 0.3) is 5.78 Å². The van der Waals surface area contributed by atoms with E-state index in [1.54, 1.807) is 4.90 Å². The second-order valence-corrected chi connectivity index (χ2v) is 8.57. The molecule has 0 bridgehead atoms. The van der Waals surface area contributed by atoms with E-state index in [2.05, 4.69) is 32.2 Å². The molecule has 0 spiro atoms. The van der Waals surface area contributed by atoms with E-state index in [1.807, 2.05) is 29.5 Å². The van der Waals surface area contributed by atoms with Crippen LogP contribution in [0.3, 0.4) is 0 Å². The van der Waals surface area contributed by atoms with Gasteiger partial charge in [-0.2, -0.15) is 0 Å². The summed E-state index contributed by atoms with van der Waals surface area (Å²) in [5, 5.41) is 2.17. The molecule has 2 aromatic rings. The van der Waals surface area contributed by atoms with Crippen molar-refractivity contribution < 1.29 is 14.5 Å². The molecule has 4 rings (SSSR count).